The molecular formula is C13H19N3. The zero-order chi connectivity index (χ0) is 11.9. The van der Waals surface area contributed by atoms with E-state index in [0.717, 1.165) is 23.3 Å². The number of rotatable bonds is 2. The van der Waals surface area contributed by atoms with Crippen LogP contribution in [0.15, 0.2) is 18.2 Å². The van der Waals surface area contributed by atoms with E-state index in [2.05, 4.69) is 34.7 Å². The van der Waals surface area contributed by atoms with Crippen LogP contribution >= 0.6 is 0 Å². The lowest BCUT2D eigenvalue weighted by Gasteiger charge is -2.17. The number of imidazole rings is 1. The number of benzene rings is 1. The van der Waals surface area contributed by atoms with Crippen molar-refractivity contribution in [3.05, 3.63) is 29.6 Å². The van der Waals surface area contributed by atoms with Crippen molar-refractivity contribution in [2.45, 2.75) is 32.7 Å². The van der Waals surface area contributed by atoms with Crippen LogP contribution in [0, 0.1) is 0 Å². The predicted molar refractivity (Wildman–Crippen MR) is 67.3 cm³/mol. The highest BCUT2D eigenvalue weighted by molar-refractivity contribution is 5.77. The molecule has 2 rings (SSSR count). The number of nitrogens with zero attached hydrogens (tertiary/aromatic N) is 2. The molecule has 3 heteroatoms. The first-order chi connectivity index (χ1) is 7.43. The standard InChI is InChI=1S/C13H19N3/c1-5-9-6-7-10-11(8-9)16(4)12(15-10)13(2,3)14/h6-8H,5,14H2,1-4H3. The average Bonchev–Trinajstić information content (AvgIpc) is 2.55. The van der Waals surface area contributed by atoms with Crippen molar-refractivity contribution < 1.29 is 0 Å². The highest BCUT2D eigenvalue weighted by atomic mass is 15.1. The number of aryl methyl sites for hydroxylation is 2. The van der Waals surface area contributed by atoms with Gasteiger partial charge in [0.25, 0.3) is 0 Å². The molecule has 16 heavy (non-hydrogen) atoms. The topological polar surface area (TPSA) is 43.8 Å². The number of hydrogen-bond donors (Lipinski definition) is 1. The van der Waals surface area contributed by atoms with E-state index in [1.807, 2.05) is 20.9 Å². The molecular weight excluding hydrogens is 198 g/mol. The molecule has 0 spiro atoms. The molecule has 86 valence electrons. The quantitative estimate of drug-likeness (QED) is 0.839. The molecule has 0 aliphatic heterocycles. The Morgan fingerprint density at radius 3 is 2.62 bits per heavy atom. The molecule has 3 nitrogen and oxygen atoms in total. The summed E-state index contributed by atoms with van der Waals surface area (Å²) in [6.07, 6.45) is 1.04. The minimum Gasteiger partial charge on any atom is -0.330 e. The van der Waals surface area contributed by atoms with Crippen LogP contribution in [-0.2, 0) is 19.0 Å². The molecule has 0 radical (unpaired) electrons. The Hall–Kier alpha value is -1.35. The van der Waals surface area contributed by atoms with Crippen LogP contribution in [0.2, 0.25) is 0 Å². The predicted octanol–water partition coefficient (Wildman–Crippen LogP) is 2.33. The van der Waals surface area contributed by atoms with Gasteiger partial charge in [-0.05, 0) is 38.0 Å². The summed E-state index contributed by atoms with van der Waals surface area (Å²) < 4.78 is 2.09. The molecule has 0 bridgehead atoms. The van der Waals surface area contributed by atoms with E-state index >= 15 is 0 Å². The zero-order valence-corrected chi connectivity index (χ0v) is 10.4. The third kappa shape index (κ3) is 1.71. The summed E-state index contributed by atoms with van der Waals surface area (Å²) in [5, 5.41) is 0. The van der Waals surface area contributed by atoms with Crippen molar-refractivity contribution in [2.24, 2.45) is 12.8 Å². The Bertz CT molecular complexity index is 518. The average molecular weight is 217 g/mol. The summed E-state index contributed by atoms with van der Waals surface area (Å²) in [7, 11) is 2.03. The second-order valence-corrected chi connectivity index (χ2v) is 4.89. The fourth-order valence-electron chi connectivity index (χ4n) is 2.03. The van der Waals surface area contributed by atoms with E-state index in [9.17, 15) is 0 Å². The Balaban J connectivity index is 2.69. The van der Waals surface area contributed by atoms with Crippen LogP contribution in [0.25, 0.3) is 11.0 Å². The molecule has 2 aromatic rings. The molecule has 1 aromatic carbocycles. The van der Waals surface area contributed by atoms with Gasteiger partial charge in [-0.15, -0.1) is 0 Å². The fraction of sp³-hybridized carbons (Fsp3) is 0.462. The van der Waals surface area contributed by atoms with Gasteiger partial charge in [0.1, 0.15) is 5.82 Å². The lowest BCUT2D eigenvalue weighted by atomic mass is 10.1. The van der Waals surface area contributed by atoms with Gasteiger partial charge in [-0.25, -0.2) is 4.98 Å². The SMILES string of the molecule is CCc1ccc2nc(C(C)(C)N)n(C)c2c1. The maximum absolute atomic E-state index is 6.11. The fourth-order valence-corrected chi connectivity index (χ4v) is 2.03. The molecule has 0 amide bonds. The van der Waals surface area contributed by atoms with E-state index in [-0.39, 0.29) is 0 Å². The molecule has 0 unspecified atom stereocenters. The summed E-state index contributed by atoms with van der Waals surface area (Å²) >= 11 is 0. The second-order valence-electron chi connectivity index (χ2n) is 4.89. The van der Waals surface area contributed by atoms with E-state index in [1.54, 1.807) is 0 Å². The van der Waals surface area contributed by atoms with Crippen molar-refractivity contribution in [3.8, 4) is 0 Å². The largest absolute Gasteiger partial charge is 0.330 e. The first kappa shape index (κ1) is 11.1. The summed E-state index contributed by atoms with van der Waals surface area (Å²) in [6.45, 7) is 6.12. The molecule has 0 aliphatic rings. The molecule has 0 saturated carbocycles. The molecule has 0 atom stereocenters. The lowest BCUT2D eigenvalue weighted by Crippen LogP contribution is -2.32. The lowest BCUT2D eigenvalue weighted by molar-refractivity contribution is 0.498. The Kier molecular flexibility index (Phi) is 2.50. The van der Waals surface area contributed by atoms with Crippen LogP contribution in [0.4, 0.5) is 0 Å². The first-order valence-corrected chi connectivity index (χ1v) is 5.68. The van der Waals surface area contributed by atoms with E-state index in [4.69, 9.17) is 5.73 Å². The Labute approximate surface area is 96.3 Å². The van der Waals surface area contributed by atoms with Crippen molar-refractivity contribution in [2.75, 3.05) is 0 Å². The van der Waals surface area contributed by atoms with E-state index in [1.165, 1.54) is 5.56 Å². The molecule has 0 fully saturated rings. The van der Waals surface area contributed by atoms with Gasteiger partial charge in [0, 0.05) is 7.05 Å². The number of fused-ring (bicyclic) bond motifs is 1. The summed E-state index contributed by atoms with van der Waals surface area (Å²) in [6, 6.07) is 6.39. The van der Waals surface area contributed by atoms with Crippen LogP contribution in [0.5, 0.6) is 0 Å². The number of hydrogen-bond acceptors (Lipinski definition) is 2. The summed E-state index contributed by atoms with van der Waals surface area (Å²) in [5.41, 5.74) is 9.22. The third-order valence-corrected chi connectivity index (χ3v) is 2.93. The summed E-state index contributed by atoms with van der Waals surface area (Å²) in [5.74, 6) is 0.927. The third-order valence-electron chi connectivity index (χ3n) is 2.93. The Morgan fingerprint density at radius 2 is 2.06 bits per heavy atom. The molecule has 2 N–H and O–H groups in total. The van der Waals surface area contributed by atoms with Gasteiger partial charge in [-0.3, -0.25) is 0 Å². The summed E-state index contributed by atoms with van der Waals surface area (Å²) in [4.78, 5) is 4.60. The molecule has 1 heterocycles. The van der Waals surface area contributed by atoms with Crippen LogP contribution in [-0.4, -0.2) is 9.55 Å². The van der Waals surface area contributed by atoms with Crippen molar-refractivity contribution in [3.63, 3.8) is 0 Å². The van der Waals surface area contributed by atoms with Gasteiger partial charge < -0.3 is 10.3 Å². The normalized spacial score (nSPS) is 12.3. The minimum absolute atomic E-state index is 0.403. The maximum atomic E-state index is 6.11. The monoisotopic (exact) mass is 217 g/mol. The van der Waals surface area contributed by atoms with Crippen LogP contribution in [0.1, 0.15) is 32.2 Å². The number of nitrogens with two attached hydrogens (primary N) is 1. The van der Waals surface area contributed by atoms with Crippen LogP contribution in [0.3, 0.4) is 0 Å². The molecule has 0 saturated heterocycles. The van der Waals surface area contributed by atoms with Crippen molar-refractivity contribution >= 4 is 11.0 Å². The Morgan fingerprint density at radius 1 is 1.38 bits per heavy atom. The van der Waals surface area contributed by atoms with Gasteiger partial charge in [0.05, 0.1) is 16.6 Å². The van der Waals surface area contributed by atoms with Crippen molar-refractivity contribution in [1.29, 1.82) is 0 Å². The molecule has 1 aromatic heterocycles. The first-order valence-electron chi connectivity index (χ1n) is 5.68. The van der Waals surface area contributed by atoms with Gasteiger partial charge in [-0.1, -0.05) is 13.0 Å². The van der Waals surface area contributed by atoms with Gasteiger partial charge in [0.15, 0.2) is 0 Å². The minimum atomic E-state index is -0.403. The highest BCUT2D eigenvalue weighted by Gasteiger charge is 2.21. The smallest absolute Gasteiger partial charge is 0.129 e. The van der Waals surface area contributed by atoms with Gasteiger partial charge in [-0.2, -0.15) is 0 Å². The van der Waals surface area contributed by atoms with Gasteiger partial charge >= 0.3 is 0 Å². The zero-order valence-electron chi connectivity index (χ0n) is 10.4. The van der Waals surface area contributed by atoms with Gasteiger partial charge in [0.2, 0.25) is 0 Å². The van der Waals surface area contributed by atoms with Crippen molar-refractivity contribution in [1.82, 2.24) is 9.55 Å². The number of aromatic nitrogens is 2. The van der Waals surface area contributed by atoms with E-state index in [0.29, 0.717) is 0 Å². The maximum Gasteiger partial charge on any atom is 0.129 e. The van der Waals surface area contributed by atoms with E-state index < -0.39 is 5.54 Å². The highest BCUT2D eigenvalue weighted by Crippen LogP contribution is 2.22. The molecule has 0 aliphatic carbocycles. The van der Waals surface area contributed by atoms with Crippen LogP contribution < -0.4 is 5.73 Å². The second kappa shape index (κ2) is 3.59.